The molecule has 1 aromatic heterocycles. The Labute approximate surface area is 164 Å². The Balaban J connectivity index is 1.39. The van der Waals surface area contributed by atoms with Gasteiger partial charge in [0.1, 0.15) is 5.82 Å². The maximum Gasteiger partial charge on any atom is 0.223 e. The number of carbonyl (C=O) groups excluding carboxylic acids is 1. The molecule has 28 heavy (non-hydrogen) atoms. The Hall–Kier alpha value is -3.14. The molecule has 0 N–H and O–H groups in total. The monoisotopic (exact) mass is 377 g/mol. The van der Waals surface area contributed by atoms with Crippen LogP contribution in [0.1, 0.15) is 42.0 Å². The minimum absolute atomic E-state index is 0.0819. The molecule has 3 heterocycles. The Bertz CT molecular complexity index is 962. The van der Waals surface area contributed by atoms with Gasteiger partial charge in [-0.3, -0.25) is 4.79 Å². The normalized spacial score (nSPS) is 18.4. The van der Waals surface area contributed by atoms with E-state index >= 15 is 0 Å². The van der Waals surface area contributed by atoms with Crippen molar-refractivity contribution in [2.24, 2.45) is 5.92 Å². The lowest BCUT2D eigenvalue weighted by molar-refractivity contribution is -0.134. The molecule has 0 spiro atoms. The summed E-state index contributed by atoms with van der Waals surface area (Å²) in [4.78, 5) is 25.9. The summed E-state index contributed by atoms with van der Waals surface area (Å²) < 4.78 is 5.41. The molecule has 2 aliphatic heterocycles. The lowest BCUT2D eigenvalue weighted by Crippen LogP contribution is -2.48. The molecule has 0 aliphatic carbocycles. The van der Waals surface area contributed by atoms with Crippen LogP contribution in [0.2, 0.25) is 0 Å². The quantitative estimate of drug-likeness (QED) is 0.814. The van der Waals surface area contributed by atoms with Gasteiger partial charge in [-0.25, -0.2) is 4.98 Å². The van der Waals surface area contributed by atoms with Gasteiger partial charge in [-0.15, -0.1) is 0 Å². The van der Waals surface area contributed by atoms with Crippen molar-refractivity contribution in [3.8, 4) is 11.9 Å². The SMILES string of the molecule is COc1nc(C)nc2c1C(C)N(C(=O)CC1CN(c3cccc(C#N)c3)C1)C2. The van der Waals surface area contributed by atoms with Crippen molar-refractivity contribution in [3.05, 3.63) is 46.9 Å². The molecular weight excluding hydrogens is 354 g/mol. The van der Waals surface area contributed by atoms with E-state index < -0.39 is 0 Å². The zero-order chi connectivity index (χ0) is 19.8. The Morgan fingerprint density at radius 1 is 1.36 bits per heavy atom. The number of aryl methyl sites for hydroxylation is 1. The van der Waals surface area contributed by atoms with Gasteiger partial charge in [0.15, 0.2) is 0 Å². The topological polar surface area (TPSA) is 82.4 Å². The molecule has 1 unspecified atom stereocenters. The van der Waals surface area contributed by atoms with E-state index in [0.717, 1.165) is 30.0 Å². The summed E-state index contributed by atoms with van der Waals surface area (Å²) in [5.74, 6) is 1.69. The number of carbonyl (C=O) groups is 1. The van der Waals surface area contributed by atoms with Gasteiger partial charge in [0.2, 0.25) is 11.8 Å². The van der Waals surface area contributed by atoms with Crippen LogP contribution in [0.15, 0.2) is 24.3 Å². The smallest absolute Gasteiger partial charge is 0.223 e. The summed E-state index contributed by atoms with van der Waals surface area (Å²) in [5, 5.41) is 9.04. The number of rotatable bonds is 4. The second-order valence-corrected chi connectivity index (χ2v) is 7.48. The molecule has 1 atom stereocenters. The molecule has 4 rings (SSSR count). The summed E-state index contributed by atoms with van der Waals surface area (Å²) >= 11 is 0. The highest BCUT2D eigenvalue weighted by molar-refractivity contribution is 5.78. The van der Waals surface area contributed by atoms with Crippen LogP contribution < -0.4 is 9.64 Å². The van der Waals surface area contributed by atoms with Crippen molar-refractivity contribution in [1.29, 1.82) is 5.26 Å². The fourth-order valence-electron chi connectivity index (χ4n) is 4.11. The molecule has 1 fully saturated rings. The molecule has 2 aromatic rings. The fraction of sp³-hybridized carbons (Fsp3) is 0.429. The van der Waals surface area contributed by atoms with Crippen molar-refractivity contribution >= 4 is 11.6 Å². The van der Waals surface area contributed by atoms with Crippen LogP contribution in [-0.2, 0) is 11.3 Å². The number of nitrogens with zero attached hydrogens (tertiary/aromatic N) is 5. The first-order valence-corrected chi connectivity index (χ1v) is 9.46. The molecule has 144 valence electrons. The van der Waals surface area contributed by atoms with E-state index in [1.165, 1.54) is 0 Å². The number of amides is 1. The van der Waals surface area contributed by atoms with Crippen LogP contribution in [-0.4, -0.2) is 41.0 Å². The first-order chi connectivity index (χ1) is 13.5. The lowest BCUT2D eigenvalue weighted by atomic mass is 9.94. The predicted molar refractivity (Wildman–Crippen MR) is 104 cm³/mol. The van der Waals surface area contributed by atoms with E-state index in [4.69, 9.17) is 10.00 Å². The first kappa shape index (κ1) is 18.2. The number of benzene rings is 1. The summed E-state index contributed by atoms with van der Waals surface area (Å²) in [6.07, 6.45) is 0.515. The van der Waals surface area contributed by atoms with Crippen LogP contribution >= 0.6 is 0 Å². The average molecular weight is 377 g/mol. The molecular formula is C21H23N5O2. The maximum atomic E-state index is 12.9. The lowest BCUT2D eigenvalue weighted by Gasteiger charge is -2.41. The Kier molecular flexibility index (Phi) is 4.63. The van der Waals surface area contributed by atoms with Gasteiger partial charge >= 0.3 is 0 Å². The maximum absolute atomic E-state index is 12.9. The Morgan fingerprint density at radius 2 is 2.14 bits per heavy atom. The van der Waals surface area contributed by atoms with Gasteiger partial charge in [0.05, 0.1) is 42.6 Å². The number of nitriles is 1. The molecule has 1 saturated heterocycles. The van der Waals surface area contributed by atoms with Gasteiger partial charge in [-0.05, 0) is 32.0 Å². The molecule has 1 aromatic carbocycles. The van der Waals surface area contributed by atoms with E-state index in [1.54, 1.807) is 13.2 Å². The van der Waals surface area contributed by atoms with Crippen LogP contribution in [0, 0.1) is 24.2 Å². The van der Waals surface area contributed by atoms with Gasteiger partial charge in [0.25, 0.3) is 0 Å². The summed E-state index contributed by atoms with van der Waals surface area (Å²) in [5.41, 5.74) is 3.50. The first-order valence-electron chi connectivity index (χ1n) is 9.46. The van der Waals surface area contributed by atoms with Crippen LogP contribution in [0.5, 0.6) is 5.88 Å². The molecule has 1 amide bonds. The molecule has 2 aliphatic rings. The largest absolute Gasteiger partial charge is 0.481 e. The van der Waals surface area contributed by atoms with Crippen molar-refractivity contribution < 1.29 is 9.53 Å². The van der Waals surface area contributed by atoms with Crippen LogP contribution in [0.3, 0.4) is 0 Å². The van der Waals surface area contributed by atoms with Gasteiger partial charge in [-0.1, -0.05) is 6.07 Å². The average Bonchev–Trinajstić information content (AvgIpc) is 3.00. The molecule has 7 heteroatoms. The van der Waals surface area contributed by atoms with Crippen molar-refractivity contribution in [2.75, 3.05) is 25.1 Å². The predicted octanol–water partition coefficient (Wildman–Crippen LogP) is 2.60. The number of anilines is 1. The minimum Gasteiger partial charge on any atom is -0.481 e. The third kappa shape index (κ3) is 3.15. The molecule has 0 bridgehead atoms. The zero-order valence-corrected chi connectivity index (χ0v) is 16.3. The fourth-order valence-corrected chi connectivity index (χ4v) is 4.11. The van der Waals surface area contributed by atoms with Gasteiger partial charge < -0.3 is 14.5 Å². The van der Waals surface area contributed by atoms with E-state index in [-0.39, 0.29) is 11.9 Å². The second-order valence-electron chi connectivity index (χ2n) is 7.48. The van der Waals surface area contributed by atoms with Crippen LogP contribution in [0.4, 0.5) is 5.69 Å². The third-order valence-electron chi connectivity index (χ3n) is 5.58. The molecule has 7 nitrogen and oxygen atoms in total. The van der Waals surface area contributed by atoms with E-state index in [9.17, 15) is 4.79 Å². The van der Waals surface area contributed by atoms with Gasteiger partial charge in [0, 0.05) is 31.1 Å². The zero-order valence-electron chi connectivity index (χ0n) is 16.3. The number of aromatic nitrogens is 2. The van der Waals surface area contributed by atoms with E-state index in [0.29, 0.717) is 36.2 Å². The van der Waals surface area contributed by atoms with E-state index in [1.807, 2.05) is 36.9 Å². The third-order valence-corrected chi connectivity index (χ3v) is 5.58. The highest BCUT2D eigenvalue weighted by Crippen LogP contribution is 2.38. The number of fused-ring (bicyclic) bond motifs is 1. The van der Waals surface area contributed by atoms with Crippen LogP contribution in [0.25, 0.3) is 0 Å². The number of hydrogen-bond donors (Lipinski definition) is 0. The summed E-state index contributed by atoms with van der Waals surface area (Å²) in [6, 6.07) is 9.68. The van der Waals surface area contributed by atoms with Crippen molar-refractivity contribution in [2.45, 2.75) is 32.9 Å². The molecule has 0 saturated carbocycles. The van der Waals surface area contributed by atoms with Crippen molar-refractivity contribution in [1.82, 2.24) is 14.9 Å². The Morgan fingerprint density at radius 3 is 2.86 bits per heavy atom. The summed E-state index contributed by atoms with van der Waals surface area (Å²) in [6.45, 7) is 6.01. The number of methoxy groups -OCH3 is 1. The highest BCUT2D eigenvalue weighted by Gasteiger charge is 2.37. The summed E-state index contributed by atoms with van der Waals surface area (Å²) in [7, 11) is 1.60. The molecule has 0 radical (unpaired) electrons. The van der Waals surface area contributed by atoms with Crippen molar-refractivity contribution in [3.63, 3.8) is 0 Å². The van der Waals surface area contributed by atoms with E-state index in [2.05, 4.69) is 20.9 Å². The van der Waals surface area contributed by atoms with Gasteiger partial charge in [-0.2, -0.15) is 10.2 Å². The standard InChI is InChI=1S/C21H23N5O2/c1-13-20-18(23-14(2)24-21(20)28-3)12-26(13)19(27)8-16-10-25(11-16)17-6-4-5-15(7-17)9-22/h4-7,13,16H,8,10-12H2,1-3H3. The number of ether oxygens (including phenoxy) is 1. The minimum atomic E-state index is -0.0819. The second kappa shape index (κ2) is 7.12. The highest BCUT2D eigenvalue weighted by atomic mass is 16.5. The number of hydrogen-bond acceptors (Lipinski definition) is 6.